The van der Waals surface area contributed by atoms with E-state index in [4.69, 9.17) is 10.5 Å². The third kappa shape index (κ3) is 2.88. The van der Waals surface area contributed by atoms with E-state index < -0.39 is 0 Å². The minimum atomic E-state index is 0.409. The number of rotatable bonds is 3. The van der Waals surface area contributed by atoms with E-state index in [0.717, 1.165) is 50.6 Å². The molecule has 1 aromatic heterocycles. The van der Waals surface area contributed by atoms with Gasteiger partial charge in [0.15, 0.2) is 0 Å². The van der Waals surface area contributed by atoms with Crippen LogP contribution in [0.25, 0.3) is 0 Å². The fourth-order valence-electron chi connectivity index (χ4n) is 3.21. The van der Waals surface area contributed by atoms with Gasteiger partial charge in [-0.25, -0.2) is 4.98 Å². The number of ether oxygens (including phenoxy) is 1. The third-order valence-electron chi connectivity index (χ3n) is 4.53. The lowest BCUT2D eigenvalue weighted by Gasteiger charge is -2.34. The molecular formula is C15H24N4O. The Balaban J connectivity index is 1.58. The molecule has 2 N–H and O–H groups in total. The Morgan fingerprint density at radius 2 is 2.00 bits per heavy atom. The number of nitrogens with zero attached hydrogens (tertiary/aromatic N) is 3. The summed E-state index contributed by atoms with van der Waals surface area (Å²) in [5.41, 5.74) is 5.98. The van der Waals surface area contributed by atoms with Gasteiger partial charge in [0, 0.05) is 25.2 Å². The first-order chi connectivity index (χ1) is 9.76. The first kappa shape index (κ1) is 13.6. The Morgan fingerprint density at radius 1 is 1.20 bits per heavy atom. The molecule has 110 valence electrons. The second-order valence-electron chi connectivity index (χ2n) is 5.82. The Hall–Kier alpha value is -1.33. The maximum atomic E-state index is 5.98. The molecule has 0 spiro atoms. The second-order valence-corrected chi connectivity index (χ2v) is 5.82. The van der Waals surface area contributed by atoms with Gasteiger partial charge in [-0.05, 0) is 44.5 Å². The van der Waals surface area contributed by atoms with Crippen molar-refractivity contribution in [2.75, 3.05) is 38.2 Å². The highest BCUT2D eigenvalue weighted by Crippen LogP contribution is 2.24. The number of aromatic nitrogens is 1. The van der Waals surface area contributed by atoms with Crippen molar-refractivity contribution in [3.8, 4) is 5.75 Å². The quantitative estimate of drug-likeness (QED) is 0.895. The van der Waals surface area contributed by atoms with Crippen LogP contribution in [-0.2, 0) is 0 Å². The number of hydrogen-bond donors (Lipinski definition) is 1. The number of methoxy groups -OCH3 is 1. The van der Waals surface area contributed by atoms with Gasteiger partial charge in [0.05, 0.1) is 13.3 Å². The van der Waals surface area contributed by atoms with Crippen LogP contribution in [0.3, 0.4) is 0 Å². The van der Waals surface area contributed by atoms with Crippen molar-refractivity contribution in [1.82, 2.24) is 9.88 Å². The maximum Gasteiger partial charge on any atom is 0.137 e. The predicted octanol–water partition coefficient (Wildman–Crippen LogP) is 1.09. The van der Waals surface area contributed by atoms with Gasteiger partial charge in [0.2, 0.25) is 0 Å². The Morgan fingerprint density at radius 3 is 2.65 bits per heavy atom. The number of anilines is 1. The van der Waals surface area contributed by atoms with Crippen molar-refractivity contribution in [3.63, 3.8) is 0 Å². The molecule has 2 fully saturated rings. The zero-order valence-electron chi connectivity index (χ0n) is 12.2. The molecule has 0 radical (unpaired) electrons. The van der Waals surface area contributed by atoms with E-state index in [9.17, 15) is 0 Å². The summed E-state index contributed by atoms with van der Waals surface area (Å²) in [6.45, 7) is 4.46. The molecule has 0 bridgehead atoms. The molecule has 1 unspecified atom stereocenters. The zero-order chi connectivity index (χ0) is 13.9. The maximum absolute atomic E-state index is 5.98. The van der Waals surface area contributed by atoms with Crippen molar-refractivity contribution in [2.45, 2.75) is 31.3 Å². The minimum Gasteiger partial charge on any atom is -0.495 e. The van der Waals surface area contributed by atoms with Gasteiger partial charge >= 0.3 is 0 Å². The van der Waals surface area contributed by atoms with Crippen molar-refractivity contribution in [2.24, 2.45) is 5.73 Å². The van der Waals surface area contributed by atoms with Gasteiger partial charge in [-0.3, -0.25) is 4.90 Å². The summed E-state index contributed by atoms with van der Waals surface area (Å²) in [4.78, 5) is 9.46. The summed E-state index contributed by atoms with van der Waals surface area (Å²) in [6, 6.07) is 5.10. The molecule has 0 amide bonds. The van der Waals surface area contributed by atoms with Crippen LogP contribution in [0.5, 0.6) is 5.75 Å². The van der Waals surface area contributed by atoms with Gasteiger partial charge in [-0.1, -0.05) is 0 Å². The molecule has 3 rings (SSSR count). The van der Waals surface area contributed by atoms with Crippen LogP contribution in [0, 0.1) is 0 Å². The van der Waals surface area contributed by atoms with Crippen LogP contribution in [0.4, 0.5) is 5.82 Å². The fraction of sp³-hybridized carbons (Fsp3) is 0.667. The van der Waals surface area contributed by atoms with Crippen LogP contribution in [0.15, 0.2) is 18.3 Å². The number of pyridine rings is 1. The molecule has 5 nitrogen and oxygen atoms in total. The SMILES string of the molecule is COc1ccc(N2CCC(N3CCC(N)CC3)C2)nc1. The first-order valence-electron chi connectivity index (χ1n) is 7.51. The third-order valence-corrected chi connectivity index (χ3v) is 4.53. The Labute approximate surface area is 120 Å². The lowest BCUT2D eigenvalue weighted by Crippen LogP contribution is -2.46. The molecule has 20 heavy (non-hydrogen) atoms. The highest BCUT2D eigenvalue weighted by atomic mass is 16.5. The highest BCUT2D eigenvalue weighted by molar-refractivity contribution is 5.42. The van der Waals surface area contributed by atoms with E-state index in [2.05, 4.69) is 14.8 Å². The molecule has 0 saturated carbocycles. The smallest absolute Gasteiger partial charge is 0.137 e. The minimum absolute atomic E-state index is 0.409. The van der Waals surface area contributed by atoms with Gasteiger partial charge in [0.25, 0.3) is 0 Å². The van der Waals surface area contributed by atoms with Crippen LogP contribution < -0.4 is 15.4 Å². The number of piperidine rings is 1. The van der Waals surface area contributed by atoms with Crippen molar-refractivity contribution in [1.29, 1.82) is 0 Å². The summed E-state index contributed by atoms with van der Waals surface area (Å²) < 4.78 is 5.16. The molecule has 2 saturated heterocycles. The Kier molecular flexibility index (Phi) is 4.08. The average molecular weight is 276 g/mol. The van der Waals surface area contributed by atoms with E-state index >= 15 is 0 Å². The summed E-state index contributed by atoms with van der Waals surface area (Å²) in [5.74, 6) is 1.87. The highest BCUT2D eigenvalue weighted by Gasteiger charge is 2.30. The van der Waals surface area contributed by atoms with Crippen molar-refractivity contribution < 1.29 is 4.74 Å². The van der Waals surface area contributed by atoms with Crippen molar-refractivity contribution >= 4 is 5.82 Å². The molecule has 3 heterocycles. The number of nitrogens with two attached hydrogens (primary N) is 1. The summed E-state index contributed by atoms with van der Waals surface area (Å²) in [7, 11) is 1.67. The van der Waals surface area contributed by atoms with E-state index in [0.29, 0.717) is 12.1 Å². The summed E-state index contributed by atoms with van der Waals surface area (Å²) >= 11 is 0. The van der Waals surface area contributed by atoms with Crippen LogP contribution in [-0.4, -0.2) is 55.3 Å². The van der Waals surface area contributed by atoms with E-state index in [1.807, 2.05) is 12.1 Å². The normalized spacial score (nSPS) is 25.1. The summed E-state index contributed by atoms with van der Waals surface area (Å²) in [5, 5.41) is 0. The van der Waals surface area contributed by atoms with Crippen LogP contribution in [0.1, 0.15) is 19.3 Å². The number of hydrogen-bond acceptors (Lipinski definition) is 5. The molecule has 1 atom stereocenters. The molecule has 2 aliphatic rings. The lowest BCUT2D eigenvalue weighted by atomic mass is 10.0. The van der Waals surface area contributed by atoms with Gasteiger partial charge < -0.3 is 15.4 Å². The first-order valence-corrected chi connectivity index (χ1v) is 7.51. The largest absolute Gasteiger partial charge is 0.495 e. The van der Waals surface area contributed by atoms with Crippen molar-refractivity contribution in [3.05, 3.63) is 18.3 Å². The molecule has 2 aliphatic heterocycles. The number of likely N-dealkylation sites (tertiary alicyclic amines) is 1. The zero-order valence-corrected chi connectivity index (χ0v) is 12.2. The predicted molar refractivity (Wildman–Crippen MR) is 80.2 cm³/mol. The van der Waals surface area contributed by atoms with E-state index in [1.165, 1.54) is 6.42 Å². The molecule has 1 aromatic rings. The lowest BCUT2D eigenvalue weighted by molar-refractivity contribution is 0.163. The summed E-state index contributed by atoms with van der Waals surface area (Å²) in [6.07, 6.45) is 5.29. The fourth-order valence-corrected chi connectivity index (χ4v) is 3.21. The molecule has 5 heteroatoms. The molecule has 0 aromatic carbocycles. The van der Waals surface area contributed by atoms with E-state index in [1.54, 1.807) is 13.3 Å². The van der Waals surface area contributed by atoms with Gasteiger partial charge in [-0.2, -0.15) is 0 Å². The molecular weight excluding hydrogens is 252 g/mol. The molecule has 0 aliphatic carbocycles. The van der Waals surface area contributed by atoms with Crippen LogP contribution in [0.2, 0.25) is 0 Å². The van der Waals surface area contributed by atoms with Crippen LogP contribution >= 0.6 is 0 Å². The standard InChI is InChI=1S/C15H24N4O/c1-20-14-2-3-15(17-10-14)19-9-6-13(11-19)18-7-4-12(16)5-8-18/h2-3,10,12-13H,4-9,11,16H2,1H3. The topological polar surface area (TPSA) is 54.6 Å². The van der Waals surface area contributed by atoms with Gasteiger partial charge in [-0.15, -0.1) is 0 Å². The average Bonchev–Trinajstić information content (AvgIpc) is 2.98. The monoisotopic (exact) mass is 276 g/mol. The van der Waals surface area contributed by atoms with E-state index in [-0.39, 0.29) is 0 Å². The Bertz CT molecular complexity index is 428. The van der Waals surface area contributed by atoms with Gasteiger partial charge in [0.1, 0.15) is 11.6 Å². The second kappa shape index (κ2) is 5.97.